The van der Waals surface area contributed by atoms with Crippen LogP contribution in [0.4, 0.5) is 10.5 Å². The maximum atomic E-state index is 11.7. The molecule has 0 aliphatic carbocycles. The number of phenolic OH excluding ortho intramolecular Hbond substituents is 3. The molecule has 110 valence electrons. The lowest BCUT2D eigenvalue weighted by molar-refractivity contribution is 0.252. The van der Waals surface area contributed by atoms with Crippen LogP contribution in [0.2, 0.25) is 0 Å². The molecule has 2 amide bonds. The van der Waals surface area contributed by atoms with E-state index in [1.807, 2.05) is 0 Å². The first kappa shape index (κ1) is 14.5. The van der Waals surface area contributed by atoms with Crippen LogP contribution < -0.4 is 10.6 Å². The second kappa shape index (κ2) is 6.51. The summed E-state index contributed by atoms with van der Waals surface area (Å²) < 4.78 is 0. The number of phenols is 3. The zero-order valence-electron chi connectivity index (χ0n) is 11.2. The zero-order valence-corrected chi connectivity index (χ0v) is 11.2. The number of amides is 2. The highest BCUT2D eigenvalue weighted by molar-refractivity contribution is 5.89. The molecule has 0 fully saturated rings. The van der Waals surface area contributed by atoms with Crippen LogP contribution in [0.15, 0.2) is 42.5 Å². The van der Waals surface area contributed by atoms with Crippen LogP contribution in [0, 0.1) is 0 Å². The van der Waals surface area contributed by atoms with E-state index in [1.54, 1.807) is 24.3 Å². The molecule has 0 unspecified atom stereocenters. The minimum Gasteiger partial charge on any atom is -0.508 e. The number of aromatic hydroxyl groups is 3. The van der Waals surface area contributed by atoms with Crippen LogP contribution in [0.3, 0.4) is 0 Å². The van der Waals surface area contributed by atoms with Gasteiger partial charge in [-0.1, -0.05) is 12.1 Å². The topological polar surface area (TPSA) is 102 Å². The largest absolute Gasteiger partial charge is 0.508 e. The molecule has 0 saturated heterocycles. The molecule has 6 heteroatoms. The van der Waals surface area contributed by atoms with E-state index in [1.165, 1.54) is 18.2 Å². The first-order valence-electron chi connectivity index (χ1n) is 6.39. The number of anilines is 1. The highest BCUT2D eigenvalue weighted by atomic mass is 16.3. The molecule has 0 spiro atoms. The van der Waals surface area contributed by atoms with Crippen LogP contribution >= 0.6 is 0 Å². The van der Waals surface area contributed by atoms with E-state index in [2.05, 4.69) is 10.6 Å². The second-order valence-electron chi connectivity index (χ2n) is 4.54. The molecule has 21 heavy (non-hydrogen) atoms. The Hall–Kier alpha value is -2.89. The van der Waals surface area contributed by atoms with Crippen molar-refractivity contribution in [2.24, 2.45) is 0 Å². The lowest BCUT2D eigenvalue weighted by Gasteiger charge is -2.08. The average Bonchev–Trinajstić information content (AvgIpc) is 2.39. The van der Waals surface area contributed by atoms with Gasteiger partial charge in [-0.05, 0) is 24.1 Å². The number of hydrogen-bond donors (Lipinski definition) is 5. The molecule has 0 atom stereocenters. The Labute approximate surface area is 121 Å². The van der Waals surface area contributed by atoms with Crippen LogP contribution in [0.5, 0.6) is 17.2 Å². The Morgan fingerprint density at radius 1 is 0.905 bits per heavy atom. The lowest BCUT2D eigenvalue weighted by atomic mass is 10.1. The van der Waals surface area contributed by atoms with Crippen molar-refractivity contribution in [3.63, 3.8) is 0 Å². The summed E-state index contributed by atoms with van der Waals surface area (Å²) in [5, 5.41) is 32.9. The van der Waals surface area contributed by atoms with Gasteiger partial charge in [0, 0.05) is 30.4 Å². The van der Waals surface area contributed by atoms with Gasteiger partial charge in [-0.2, -0.15) is 0 Å². The standard InChI is InChI=1S/C15H16N2O4/c18-12-3-1-10(2-4-12)5-6-16-15(21)17-11-7-13(19)9-14(20)8-11/h1-4,7-9,18-20H,5-6H2,(H2,16,17,21). The minimum atomic E-state index is -0.432. The van der Waals surface area contributed by atoms with E-state index in [0.717, 1.165) is 5.56 Å². The Balaban J connectivity index is 1.80. The Bertz CT molecular complexity index is 606. The van der Waals surface area contributed by atoms with Gasteiger partial charge in [0.1, 0.15) is 17.2 Å². The third-order valence-electron chi connectivity index (χ3n) is 2.80. The monoisotopic (exact) mass is 288 g/mol. The highest BCUT2D eigenvalue weighted by Crippen LogP contribution is 2.23. The second-order valence-corrected chi connectivity index (χ2v) is 4.54. The van der Waals surface area contributed by atoms with Crippen molar-refractivity contribution in [3.8, 4) is 17.2 Å². The van der Waals surface area contributed by atoms with Crippen molar-refractivity contribution < 1.29 is 20.1 Å². The SMILES string of the molecule is O=C(NCCc1ccc(O)cc1)Nc1cc(O)cc(O)c1. The molecule has 2 aromatic carbocycles. The number of benzene rings is 2. The maximum absolute atomic E-state index is 11.7. The predicted octanol–water partition coefficient (Wildman–Crippen LogP) is 2.17. The van der Waals surface area contributed by atoms with E-state index in [9.17, 15) is 15.0 Å². The molecule has 0 radical (unpaired) electrons. The van der Waals surface area contributed by atoms with Gasteiger partial charge in [0.2, 0.25) is 0 Å². The van der Waals surface area contributed by atoms with Gasteiger partial charge in [0.25, 0.3) is 0 Å². The van der Waals surface area contributed by atoms with E-state index >= 15 is 0 Å². The normalized spacial score (nSPS) is 10.1. The van der Waals surface area contributed by atoms with Crippen molar-refractivity contribution in [3.05, 3.63) is 48.0 Å². The van der Waals surface area contributed by atoms with Gasteiger partial charge in [0.15, 0.2) is 0 Å². The maximum Gasteiger partial charge on any atom is 0.319 e. The molecule has 0 aromatic heterocycles. The Morgan fingerprint density at radius 3 is 2.14 bits per heavy atom. The first-order valence-corrected chi connectivity index (χ1v) is 6.39. The van der Waals surface area contributed by atoms with Crippen molar-refractivity contribution >= 4 is 11.7 Å². The average molecular weight is 288 g/mol. The van der Waals surface area contributed by atoms with Crippen LogP contribution in [-0.2, 0) is 6.42 Å². The van der Waals surface area contributed by atoms with E-state index in [-0.39, 0.29) is 17.2 Å². The summed E-state index contributed by atoms with van der Waals surface area (Å²) >= 11 is 0. The Morgan fingerprint density at radius 2 is 1.52 bits per heavy atom. The summed E-state index contributed by atoms with van der Waals surface area (Å²) in [5.41, 5.74) is 1.29. The molecule has 2 rings (SSSR count). The third-order valence-corrected chi connectivity index (χ3v) is 2.80. The zero-order chi connectivity index (χ0) is 15.2. The van der Waals surface area contributed by atoms with Crippen LogP contribution in [-0.4, -0.2) is 27.9 Å². The van der Waals surface area contributed by atoms with Gasteiger partial charge in [-0.25, -0.2) is 4.79 Å². The van der Waals surface area contributed by atoms with Gasteiger partial charge >= 0.3 is 6.03 Å². The van der Waals surface area contributed by atoms with Crippen molar-refractivity contribution in [2.45, 2.75) is 6.42 Å². The quantitative estimate of drug-likeness (QED) is 0.595. The first-order chi connectivity index (χ1) is 10.0. The summed E-state index contributed by atoms with van der Waals surface area (Å²) in [6.07, 6.45) is 0.624. The molecular weight excluding hydrogens is 272 g/mol. The number of hydrogen-bond acceptors (Lipinski definition) is 4. The van der Waals surface area contributed by atoms with Gasteiger partial charge in [-0.15, -0.1) is 0 Å². The lowest BCUT2D eigenvalue weighted by Crippen LogP contribution is -2.30. The summed E-state index contributed by atoms with van der Waals surface area (Å²) in [5.74, 6) is -0.0584. The summed E-state index contributed by atoms with van der Waals surface area (Å²) in [4.78, 5) is 11.7. The molecule has 0 saturated carbocycles. The van der Waals surface area contributed by atoms with E-state index in [4.69, 9.17) is 5.11 Å². The number of nitrogens with one attached hydrogen (secondary N) is 2. The van der Waals surface area contributed by atoms with E-state index < -0.39 is 6.03 Å². The molecule has 0 heterocycles. The number of rotatable bonds is 4. The summed E-state index contributed by atoms with van der Waals surface area (Å²) in [6.45, 7) is 0.418. The van der Waals surface area contributed by atoms with Gasteiger partial charge < -0.3 is 26.0 Å². The minimum absolute atomic E-state index is 0.130. The molecule has 0 aliphatic rings. The smallest absolute Gasteiger partial charge is 0.319 e. The molecule has 6 nitrogen and oxygen atoms in total. The highest BCUT2D eigenvalue weighted by Gasteiger charge is 2.04. The Kier molecular flexibility index (Phi) is 4.50. The van der Waals surface area contributed by atoms with E-state index in [0.29, 0.717) is 18.7 Å². The molecule has 5 N–H and O–H groups in total. The third kappa shape index (κ3) is 4.61. The molecule has 0 bridgehead atoms. The fourth-order valence-corrected chi connectivity index (χ4v) is 1.83. The summed E-state index contributed by atoms with van der Waals surface area (Å²) in [6, 6.07) is 10.1. The van der Waals surface area contributed by atoms with Crippen LogP contribution in [0.1, 0.15) is 5.56 Å². The predicted molar refractivity (Wildman–Crippen MR) is 78.6 cm³/mol. The molecule has 0 aliphatic heterocycles. The molecule has 2 aromatic rings. The fourth-order valence-electron chi connectivity index (χ4n) is 1.83. The van der Waals surface area contributed by atoms with Crippen molar-refractivity contribution in [1.82, 2.24) is 5.32 Å². The van der Waals surface area contributed by atoms with Gasteiger partial charge in [0.05, 0.1) is 0 Å². The number of carbonyl (C=O) groups is 1. The van der Waals surface area contributed by atoms with Crippen molar-refractivity contribution in [2.75, 3.05) is 11.9 Å². The van der Waals surface area contributed by atoms with Crippen LogP contribution in [0.25, 0.3) is 0 Å². The fraction of sp³-hybridized carbons (Fsp3) is 0.133. The number of carbonyl (C=O) groups excluding carboxylic acids is 1. The number of urea groups is 1. The van der Waals surface area contributed by atoms with Crippen molar-refractivity contribution in [1.29, 1.82) is 0 Å². The summed E-state index contributed by atoms with van der Waals surface area (Å²) in [7, 11) is 0. The molecular formula is C15H16N2O4. The van der Waals surface area contributed by atoms with Gasteiger partial charge in [-0.3, -0.25) is 0 Å².